The summed E-state index contributed by atoms with van der Waals surface area (Å²) in [5.41, 5.74) is 10.2. The molecule has 6 heterocycles. The Kier molecular flexibility index (Phi) is 9.22. The number of rotatable bonds is 7. The third kappa shape index (κ3) is 6.49. The van der Waals surface area contributed by atoms with Crippen LogP contribution in [0.3, 0.4) is 0 Å². The van der Waals surface area contributed by atoms with Crippen molar-refractivity contribution in [3.05, 3.63) is 63.0 Å². The zero-order chi connectivity index (χ0) is 32.7. The summed E-state index contributed by atoms with van der Waals surface area (Å²) in [5, 5.41) is 3.59. The number of nitrogens with two attached hydrogens (primary N) is 1. The fraction of sp³-hybridized carbons (Fsp3) is 0.571. The molecule has 0 radical (unpaired) electrons. The maximum atomic E-state index is 14.2. The molecule has 5 aliphatic heterocycles. The van der Waals surface area contributed by atoms with Crippen molar-refractivity contribution in [1.82, 2.24) is 34.5 Å². The molecule has 5 aliphatic rings. The summed E-state index contributed by atoms with van der Waals surface area (Å²) >= 11 is 6.51. The average Bonchev–Trinajstić information content (AvgIpc) is 3.45. The molecule has 12 heteroatoms. The molecule has 0 saturated carbocycles. The molecule has 5 fully saturated rings. The second kappa shape index (κ2) is 13.5. The predicted molar refractivity (Wildman–Crippen MR) is 185 cm³/mol. The van der Waals surface area contributed by atoms with Crippen LogP contribution in [0.25, 0.3) is 11.0 Å². The number of piperidine rings is 4. The van der Waals surface area contributed by atoms with E-state index in [9.17, 15) is 14.4 Å². The Balaban J connectivity index is 1.03. The predicted octanol–water partition coefficient (Wildman–Crippen LogP) is 3.32. The quantitative estimate of drug-likeness (QED) is 0.334. The van der Waals surface area contributed by atoms with Gasteiger partial charge in [0.05, 0.1) is 21.7 Å². The van der Waals surface area contributed by atoms with E-state index in [2.05, 4.69) is 20.1 Å². The molecule has 252 valence electrons. The number of aromatic amines is 1. The van der Waals surface area contributed by atoms with Crippen LogP contribution in [0.4, 0.5) is 10.5 Å². The number of imidazole rings is 1. The number of piperazine rings is 1. The number of fused-ring (bicyclic) bond motifs is 4. The van der Waals surface area contributed by atoms with Gasteiger partial charge in [-0.2, -0.15) is 0 Å². The molecular formula is C35H47ClN8O3. The highest BCUT2D eigenvalue weighted by Gasteiger charge is 2.39. The number of aromatic nitrogens is 2. The Labute approximate surface area is 281 Å². The van der Waals surface area contributed by atoms with Crippen molar-refractivity contribution in [3.63, 3.8) is 0 Å². The van der Waals surface area contributed by atoms with E-state index in [-0.39, 0.29) is 23.7 Å². The Morgan fingerprint density at radius 2 is 1.70 bits per heavy atom. The molecule has 1 aromatic heterocycles. The number of hydrogen-bond donors (Lipinski definition) is 3. The van der Waals surface area contributed by atoms with Crippen LogP contribution in [0.5, 0.6) is 0 Å². The van der Waals surface area contributed by atoms with Crippen LogP contribution in [0, 0.1) is 5.92 Å². The summed E-state index contributed by atoms with van der Waals surface area (Å²) < 4.78 is 1.82. The zero-order valence-corrected chi connectivity index (χ0v) is 28.1. The fourth-order valence-electron chi connectivity index (χ4n) is 8.43. The number of aryl methyl sites for hydroxylation is 1. The number of nitrogens with one attached hydrogen (secondary N) is 2. The maximum absolute atomic E-state index is 14.2. The van der Waals surface area contributed by atoms with Crippen molar-refractivity contribution >= 4 is 40.3 Å². The van der Waals surface area contributed by atoms with E-state index in [1.54, 1.807) is 4.90 Å². The van der Waals surface area contributed by atoms with Crippen molar-refractivity contribution in [1.29, 1.82) is 0 Å². The SMILES string of the molecule is CCc1cc(C[C@@H](NC(=O)N2CCC(n3c(=O)[nH]c4ccccc43)CC2)C(=O)N2CCN(C3CN4CCC3CC4)CC2)cc(Cl)c1N. The van der Waals surface area contributed by atoms with Gasteiger partial charge in [0, 0.05) is 64.3 Å². The number of nitrogen functional groups attached to an aromatic ring is 1. The largest absolute Gasteiger partial charge is 0.397 e. The van der Waals surface area contributed by atoms with Crippen molar-refractivity contribution in [2.24, 2.45) is 5.92 Å². The number of amides is 3. The number of benzene rings is 2. The Morgan fingerprint density at radius 3 is 2.38 bits per heavy atom. The highest BCUT2D eigenvalue weighted by Crippen LogP contribution is 2.32. The normalized spacial score (nSPS) is 24.5. The van der Waals surface area contributed by atoms with Crippen LogP contribution >= 0.6 is 11.6 Å². The number of para-hydroxylation sites is 2. The van der Waals surface area contributed by atoms with Gasteiger partial charge in [0.25, 0.3) is 0 Å². The molecule has 4 N–H and O–H groups in total. The maximum Gasteiger partial charge on any atom is 0.326 e. The third-order valence-electron chi connectivity index (χ3n) is 11.1. The number of H-pyrrole nitrogens is 1. The number of nitrogens with zero attached hydrogens (tertiary/aromatic N) is 5. The molecule has 3 aromatic rings. The molecule has 2 bridgehead atoms. The minimum absolute atomic E-state index is 0.00279. The molecule has 0 spiro atoms. The van der Waals surface area contributed by atoms with Crippen LogP contribution in [-0.4, -0.2) is 112 Å². The molecule has 2 atom stereocenters. The first-order chi connectivity index (χ1) is 22.8. The highest BCUT2D eigenvalue weighted by atomic mass is 35.5. The molecular weight excluding hydrogens is 616 g/mol. The second-order valence-corrected chi connectivity index (χ2v) is 14.2. The summed E-state index contributed by atoms with van der Waals surface area (Å²) in [7, 11) is 0. The van der Waals surface area contributed by atoms with Crippen LogP contribution < -0.4 is 16.7 Å². The molecule has 0 aliphatic carbocycles. The minimum Gasteiger partial charge on any atom is -0.397 e. The van der Waals surface area contributed by atoms with Crippen molar-refractivity contribution < 1.29 is 9.59 Å². The fourth-order valence-corrected chi connectivity index (χ4v) is 8.69. The van der Waals surface area contributed by atoms with Gasteiger partial charge >= 0.3 is 11.7 Å². The Hall–Kier alpha value is -3.54. The van der Waals surface area contributed by atoms with Gasteiger partial charge in [0.1, 0.15) is 6.04 Å². The van der Waals surface area contributed by atoms with Crippen LogP contribution in [0.1, 0.15) is 49.8 Å². The topological polar surface area (TPSA) is 123 Å². The van der Waals surface area contributed by atoms with Gasteiger partial charge in [-0.15, -0.1) is 0 Å². The summed E-state index contributed by atoms with van der Waals surface area (Å²) in [6.07, 6.45) is 4.92. The van der Waals surface area contributed by atoms with Crippen molar-refractivity contribution in [2.75, 3.05) is 64.6 Å². The van der Waals surface area contributed by atoms with Gasteiger partial charge in [-0.05, 0) is 80.4 Å². The lowest BCUT2D eigenvalue weighted by atomic mass is 9.83. The molecule has 2 aromatic carbocycles. The van der Waals surface area contributed by atoms with Crippen molar-refractivity contribution in [2.45, 2.75) is 63.6 Å². The number of urea groups is 1. The van der Waals surface area contributed by atoms with Crippen LogP contribution in [-0.2, 0) is 17.6 Å². The molecule has 47 heavy (non-hydrogen) atoms. The standard InChI is InChI=1S/C35H47ClN8O3/c1-2-24-19-23(20-27(36)32(24)37)21-29(33(45)42-17-15-41(16-18-42)31-22-40-11-7-25(31)8-12-40)39-34(46)43-13-9-26(10-14-43)44-30-6-4-3-5-28(30)38-35(44)47/h3-6,19-20,25-26,29,31H,2,7-18,21-22,37H2,1H3,(H,38,47)(H,39,46)/t29-,31?/m1/s1. The average molecular weight is 663 g/mol. The van der Waals surface area contributed by atoms with Crippen LogP contribution in [0.15, 0.2) is 41.2 Å². The van der Waals surface area contributed by atoms with Crippen molar-refractivity contribution in [3.8, 4) is 0 Å². The van der Waals surface area contributed by atoms with E-state index in [1.807, 2.05) is 52.8 Å². The number of carbonyl (C=O) groups excluding carboxylic acids is 2. The number of likely N-dealkylation sites (tertiary alicyclic amines) is 1. The minimum atomic E-state index is -0.732. The van der Waals surface area contributed by atoms with E-state index in [0.29, 0.717) is 62.2 Å². The van der Waals surface area contributed by atoms with E-state index in [4.69, 9.17) is 17.3 Å². The zero-order valence-electron chi connectivity index (χ0n) is 27.3. The highest BCUT2D eigenvalue weighted by molar-refractivity contribution is 6.33. The third-order valence-corrected chi connectivity index (χ3v) is 11.5. The number of halogens is 1. The lowest BCUT2D eigenvalue weighted by Gasteiger charge is -2.51. The lowest BCUT2D eigenvalue weighted by Crippen LogP contribution is -2.63. The number of anilines is 1. The first kappa shape index (κ1) is 32.0. The first-order valence-electron chi connectivity index (χ1n) is 17.4. The molecule has 5 saturated heterocycles. The lowest BCUT2D eigenvalue weighted by molar-refractivity contribution is -0.136. The Morgan fingerprint density at radius 1 is 0.979 bits per heavy atom. The molecule has 8 rings (SSSR count). The molecule has 3 amide bonds. The second-order valence-electron chi connectivity index (χ2n) is 13.8. The number of carbonyl (C=O) groups is 2. The van der Waals surface area contributed by atoms with E-state index in [0.717, 1.165) is 54.1 Å². The van der Waals surface area contributed by atoms with Gasteiger partial charge in [-0.1, -0.05) is 36.7 Å². The Bertz CT molecular complexity index is 1660. The summed E-state index contributed by atoms with van der Waals surface area (Å²) in [4.78, 5) is 52.5. The van der Waals surface area contributed by atoms with E-state index < -0.39 is 6.04 Å². The number of hydrogen-bond acceptors (Lipinski definition) is 6. The first-order valence-corrected chi connectivity index (χ1v) is 17.7. The van der Waals surface area contributed by atoms with Gasteiger partial charge < -0.3 is 30.7 Å². The monoisotopic (exact) mass is 662 g/mol. The van der Waals surface area contributed by atoms with Crippen LogP contribution in [0.2, 0.25) is 5.02 Å². The summed E-state index contributed by atoms with van der Waals surface area (Å²) in [5.74, 6) is 0.703. The van der Waals surface area contributed by atoms with Gasteiger partial charge in [-0.25, -0.2) is 9.59 Å². The van der Waals surface area contributed by atoms with E-state index in [1.165, 1.54) is 25.9 Å². The summed E-state index contributed by atoms with van der Waals surface area (Å²) in [6.45, 7) is 9.61. The van der Waals surface area contributed by atoms with Gasteiger partial charge in [0.2, 0.25) is 5.91 Å². The van der Waals surface area contributed by atoms with Gasteiger partial charge in [-0.3, -0.25) is 14.3 Å². The molecule has 1 unspecified atom stereocenters. The smallest absolute Gasteiger partial charge is 0.326 e. The van der Waals surface area contributed by atoms with Gasteiger partial charge in [0.15, 0.2) is 0 Å². The summed E-state index contributed by atoms with van der Waals surface area (Å²) in [6, 6.07) is 11.1. The van der Waals surface area contributed by atoms with E-state index >= 15 is 0 Å². The molecule has 11 nitrogen and oxygen atoms in total.